The molecular weight excluding hydrogens is 1100 g/mol. The van der Waals surface area contributed by atoms with Gasteiger partial charge in [0.1, 0.15) is 34.9 Å². The SMILES string of the molecule is CC.CC.CC.CC.CC.CC.Cc1cc(F)c2ccsc2c1.Cc1cc(F)c2sccc2c1.Cc1cc2ccsc2cc1F.Cc1ccc(F)c2ccsc12.Cc1ccc2ccsc2c1F.Cc1ccc2sccc2c1F. The summed E-state index contributed by atoms with van der Waals surface area (Å²) in [6, 6.07) is 32.8. The first-order valence-electron chi connectivity index (χ1n) is 26.5. The third-order valence-corrected chi connectivity index (χ3v) is 15.9. The first-order valence-corrected chi connectivity index (χ1v) is 31.7. The molecule has 6 aromatic heterocycles. The van der Waals surface area contributed by atoms with Gasteiger partial charge in [-0.2, -0.15) is 0 Å². The van der Waals surface area contributed by atoms with E-state index in [1.807, 2.05) is 221 Å². The highest BCUT2D eigenvalue weighted by Crippen LogP contribution is 2.29. The largest absolute Gasteiger partial charge is 0.207 e. The summed E-state index contributed by atoms with van der Waals surface area (Å²) in [6.45, 7) is 35.2. The highest BCUT2D eigenvalue weighted by Gasteiger charge is 2.07. The standard InChI is InChI=1S/6C9H7FS.6C2H6/c1-6-4-7-2-3-11-9(7)5-8(6)10;1-6-4-8(10)7-2-3-11-9(7)5-6;1-6-4-7-2-3-11-9(7)8(10)5-6;1-6-2-3-8-7(9(6)10)4-5-11-8;1-6-2-3-8(10)7-4-5-11-9(6)7;1-6-2-3-7-4-5-11-9(7)8(6)10;6*1-2/h6*2-5H,1H3;6*1-2H3. The van der Waals surface area contributed by atoms with Crippen LogP contribution < -0.4 is 0 Å². The quantitative estimate of drug-likeness (QED) is 0.133. The molecule has 0 bridgehead atoms. The second-order valence-electron chi connectivity index (χ2n) is 15.3. The molecule has 0 nitrogen and oxygen atoms in total. The molecule has 0 aliphatic carbocycles. The molecule has 0 saturated heterocycles. The first-order chi connectivity index (χ1) is 37.7. The Morgan fingerprint density at radius 3 is 1.37 bits per heavy atom. The van der Waals surface area contributed by atoms with E-state index >= 15 is 0 Å². The predicted molar refractivity (Wildman–Crippen MR) is 347 cm³/mol. The van der Waals surface area contributed by atoms with Crippen molar-refractivity contribution in [2.45, 2.75) is 125 Å². The lowest BCUT2D eigenvalue weighted by molar-refractivity contribution is 0.621. The van der Waals surface area contributed by atoms with E-state index in [0.29, 0.717) is 0 Å². The highest BCUT2D eigenvalue weighted by atomic mass is 32.1. The van der Waals surface area contributed by atoms with Crippen LogP contribution in [0.15, 0.2) is 141 Å². The smallest absolute Gasteiger partial charge is 0.143 e. The van der Waals surface area contributed by atoms with Crippen molar-refractivity contribution < 1.29 is 26.3 Å². The molecule has 0 aliphatic rings. The summed E-state index contributed by atoms with van der Waals surface area (Å²) >= 11 is 9.20. The lowest BCUT2D eigenvalue weighted by Crippen LogP contribution is -1.79. The van der Waals surface area contributed by atoms with Gasteiger partial charge >= 0.3 is 0 Å². The maximum atomic E-state index is 13.2. The summed E-state index contributed by atoms with van der Waals surface area (Å²) in [7, 11) is 0. The molecule has 12 rings (SSSR count). The number of rotatable bonds is 0. The van der Waals surface area contributed by atoms with E-state index in [9.17, 15) is 26.3 Å². The van der Waals surface area contributed by atoms with E-state index in [1.54, 1.807) is 84.3 Å². The second-order valence-corrected chi connectivity index (χ2v) is 20.9. The third kappa shape index (κ3) is 20.4. The molecule has 420 valence electrons. The Balaban J connectivity index is 0.000000450. The van der Waals surface area contributed by atoms with Crippen molar-refractivity contribution in [2.75, 3.05) is 0 Å². The second kappa shape index (κ2) is 38.3. The van der Waals surface area contributed by atoms with Crippen LogP contribution in [0.4, 0.5) is 26.3 Å². The van der Waals surface area contributed by atoms with E-state index in [4.69, 9.17) is 0 Å². The van der Waals surface area contributed by atoms with Crippen LogP contribution >= 0.6 is 68.0 Å². The lowest BCUT2D eigenvalue weighted by Gasteiger charge is -1.95. The molecular formula is C66H78F6S6. The molecule has 0 unspecified atom stereocenters. The van der Waals surface area contributed by atoms with Gasteiger partial charge in [-0.25, -0.2) is 26.3 Å². The summed E-state index contributed by atoms with van der Waals surface area (Å²) in [5.74, 6) is -0.593. The van der Waals surface area contributed by atoms with Crippen LogP contribution in [0.5, 0.6) is 0 Å². The maximum absolute atomic E-state index is 13.2. The van der Waals surface area contributed by atoms with Crippen molar-refractivity contribution in [1.29, 1.82) is 0 Å². The Kier molecular flexibility index (Phi) is 34.7. The van der Waals surface area contributed by atoms with Gasteiger partial charge in [-0.15, -0.1) is 68.0 Å². The summed E-state index contributed by atoms with van der Waals surface area (Å²) in [4.78, 5) is 0. The normalized spacial score (nSPS) is 9.54. The van der Waals surface area contributed by atoms with Gasteiger partial charge in [0, 0.05) is 35.0 Å². The topological polar surface area (TPSA) is 0 Å². The van der Waals surface area contributed by atoms with Crippen molar-refractivity contribution in [1.82, 2.24) is 0 Å². The molecule has 0 spiro atoms. The van der Waals surface area contributed by atoms with Gasteiger partial charge in [-0.1, -0.05) is 113 Å². The number of hydrogen-bond acceptors (Lipinski definition) is 6. The molecule has 0 saturated carbocycles. The Morgan fingerprint density at radius 2 is 0.718 bits per heavy atom. The fourth-order valence-electron chi connectivity index (χ4n) is 6.81. The Morgan fingerprint density at radius 1 is 0.256 bits per heavy atom. The van der Waals surface area contributed by atoms with Gasteiger partial charge in [0.15, 0.2) is 0 Å². The van der Waals surface area contributed by atoms with Gasteiger partial charge in [0.05, 0.1) is 9.40 Å². The molecule has 0 atom stereocenters. The van der Waals surface area contributed by atoms with Crippen molar-refractivity contribution >= 4 is 129 Å². The van der Waals surface area contributed by atoms with E-state index in [1.165, 1.54) is 28.7 Å². The fraction of sp³-hybridized carbons (Fsp3) is 0.273. The number of hydrogen-bond donors (Lipinski definition) is 0. The van der Waals surface area contributed by atoms with Crippen LogP contribution in [-0.2, 0) is 0 Å². The van der Waals surface area contributed by atoms with Gasteiger partial charge in [0.2, 0.25) is 0 Å². The molecule has 0 fully saturated rings. The van der Waals surface area contributed by atoms with Crippen LogP contribution in [0.1, 0.15) is 116 Å². The summed E-state index contributed by atoms with van der Waals surface area (Å²) in [6.07, 6.45) is 0. The van der Waals surface area contributed by atoms with Gasteiger partial charge in [0.25, 0.3) is 0 Å². The van der Waals surface area contributed by atoms with Crippen molar-refractivity contribution in [3.05, 3.63) is 210 Å². The Hall–Kier alpha value is -5.34. The molecule has 12 heteroatoms. The molecule has 78 heavy (non-hydrogen) atoms. The van der Waals surface area contributed by atoms with Crippen LogP contribution in [0.3, 0.4) is 0 Å². The number of aryl methyl sites for hydroxylation is 6. The number of fused-ring (bicyclic) bond motifs is 6. The van der Waals surface area contributed by atoms with E-state index in [-0.39, 0.29) is 34.9 Å². The van der Waals surface area contributed by atoms with E-state index in [2.05, 4.69) is 0 Å². The minimum atomic E-state index is -0.119. The predicted octanol–water partition coefficient (Wildman–Crippen LogP) is 26.3. The van der Waals surface area contributed by atoms with E-state index < -0.39 is 0 Å². The molecule has 12 aromatic rings. The maximum Gasteiger partial charge on any atom is 0.143 e. The van der Waals surface area contributed by atoms with Gasteiger partial charge in [-0.05, 0) is 202 Å². The third-order valence-electron chi connectivity index (χ3n) is 10.3. The minimum absolute atomic E-state index is 0.0718. The summed E-state index contributed by atoms with van der Waals surface area (Å²) in [5, 5.41) is 16.9. The Labute approximate surface area is 485 Å². The molecule has 0 amide bonds. The zero-order chi connectivity index (χ0) is 59.1. The lowest BCUT2D eigenvalue weighted by atomic mass is 10.2. The van der Waals surface area contributed by atoms with Crippen LogP contribution in [0.2, 0.25) is 0 Å². The monoisotopic (exact) mass is 1180 g/mol. The summed E-state index contributed by atoms with van der Waals surface area (Å²) < 4.78 is 84.3. The molecule has 0 radical (unpaired) electrons. The van der Waals surface area contributed by atoms with Gasteiger partial charge < -0.3 is 0 Å². The number of benzene rings is 6. The average Bonchev–Trinajstić information content (AvgIpc) is 4.34. The number of thiophene rings is 6. The molecule has 0 N–H and O–H groups in total. The first kappa shape index (κ1) is 70.7. The van der Waals surface area contributed by atoms with Crippen LogP contribution in [0, 0.1) is 76.4 Å². The average molecular weight is 1180 g/mol. The number of halogens is 6. The molecule has 6 aromatic carbocycles. The highest BCUT2D eigenvalue weighted by molar-refractivity contribution is 7.18. The Bertz CT molecular complexity index is 3320. The zero-order valence-corrected chi connectivity index (χ0v) is 53.5. The van der Waals surface area contributed by atoms with Crippen LogP contribution in [-0.4, -0.2) is 0 Å². The fourth-order valence-corrected chi connectivity index (χ4v) is 11.8. The van der Waals surface area contributed by atoms with Crippen molar-refractivity contribution in [2.24, 2.45) is 0 Å². The molecule has 0 aliphatic heterocycles. The van der Waals surface area contributed by atoms with Crippen molar-refractivity contribution in [3.8, 4) is 0 Å². The molecule has 6 heterocycles. The zero-order valence-electron chi connectivity index (χ0n) is 48.6. The van der Waals surface area contributed by atoms with Gasteiger partial charge in [-0.3, -0.25) is 0 Å². The van der Waals surface area contributed by atoms with E-state index in [0.717, 1.165) is 93.9 Å². The summed E-state index contributed by atoms with van der Waals surface area (Å²) in [5.41, 5.74) is 5.27. The minimum Gasteiger partial charge on any atom is -0.207 e. The van der Waals surface area contributed by atoms with Crippen molar-refractivity contribution in [3.63, 3.8) is 0 Å². The van der Waals surface area contributed by atoms with Crippen LogP contribution in [0.25, 0.3) is 60.5 Å².